The van der Waals surface area contributed by atoms with E-state index in [0.717, 1.165) is 6.26 Å². The van der Waals surface area contributed by atoms with Crippen LogP contribution in [0, 0.1) is 0 Å². The summed E-state index contributed by atoms with van der Waals surface area (Å²) in [6, 6.07) is 8.65. The standard InChI is InChI=1S/C14H19N3O4S/c1-22(20,21)17-9-7-16(8-10-17)13(18)11-15-14(19)12-5-3-2-4-6-12/h2-6H,7-11H2,1H3,(H,15,19). The van der Waals surface area contributed by atoms with Crippen LogP contribution < -0.4 is 5.32 Å². The lowest BCUT2D eigenvalue weighted by Crippen LogP contribution is -2.52. The van der Waals surface area contributed by atoms with Gasteiger partial charge < -0.3 is 10.2 Å². The van der Waals surface area contributed by atoms with Crippen molar-refractivity contribution in [2.75, 3.05) is 39.0 Å². The third-order valence-corrected chi connectivity index (χ3v) is 4.80. The highest BCUT2D eigenvalue weighted by molar-refractivity contribution is 7.88. The molecule has 1 saturated heterocycles. The minimum Gasteiger partial charge on any atom is -0.343 e. The van der Waals surface area contributed by atoms with Gasteiger partial charge in [0.1, 0.15) is 0 Å². The third kappa shape index (κ3) is 4.28. The molecule has 120 valence electrons. The van der Waals surface area contributed by atoms with Crippen molar-refractivity contribution in [3.63, 3.8) is 0 Å². The van der Waals surface area contributed by atoms with Gasteiger partial charge in [-0.2, -0.15) is 4.31 Å². The van der Waals surface area contributed by atoms with Crippen molar-refractivity contribution in [1.29, 1.82) is 0 Å². The Morgan fingerprint density at radius 2 is 1.68 bits per heavy atom. The third-order valence-electron chi connectivity index (χ3n) is 3.50. The van der Waals surface area contributed by atoms with Gasteiger partial charge >= 0.3 is 0 Å². The highest BCUT2D eigenvalue weighted by Crippen LogP contribution is 2.06. The maximum absolute atomic E-state index is 12.0. The molecule has 1 N–H and O–H groups in total. The molecule has 0 unspecified atom stereocenters. The smallest absolute Gasteiger partial charge is 0.251 e. The van der Waals surface area contributed by atoms with Crippen molar-refractivity contribution in [2.45, 2.75) is 0 Å². The second-order valence-electron chi connectivity index (χ2n) is 5.09. The largest absolute Gasteiger partial charge is 0.343 e. The summed E-state index contributed by atoms with van der Waals surface area (Å²) in [7, 11) is -3.21. The summed E-state index contributed by atoms with van der Waals surface area (Å²) in [5.74, 6) is -0.513. The number of hydrogen-bond donors (Lipinski definition) is 1. The SMILES string of the molecule is CS(=O)(=O)N1CCN(C(=O)CNC(=O)c2ccccc2)CC1. The van der Waals surface area contributed by atoms with Gasteiger partial charge in [0.05, 0.1) is 12.8 Å². The minimum atomic E-state index is -3.21. The number of amides is 2. The Morgan fingerprint density at radius 1 is 1.09 bits per heavy atom. The topological polar surface area (TPSA) is 86.8 Å². The zero-order valence-corrected chi connectivity index (χ0v) is 13.2. The van der Waals surface area contributed by atoms with Crippen LogP contribution in [-0.4, -0.2) is 68.4 Å². The first kappa shape index (κ1) is 16.4. The summed E-state index contributed by atoms with van der Waals surface area (Å²) in [5.41, 5.74) is 0.497. The average Bonchev–Trinajstić information content (AvgIpc) is 2.52. The predicted molar refractivity (Wildman–Crippen MR) is 81.8 cm³/mol. The molecule has 1 heterocycles. The van der Waals surface area contributed by atoms with Crippen LogP contribution in [0.5, 0.6) is 0 Å². The van der Waals surface area contributed by atoms with Gasteiger partial charge in [0, 0.05) is 31.7 Å². The molecule has 22 heavy (non-hydrogen) atoms. The molecular formula is C14H19N3O4S. The van der Waals surface area contributed by atoms with Crippen molar-refractivity contribution in [3.8, 4) is 0 Å². The number of benzene rings is 1. The maximum Gasteiger partial charge on any atom is 0.251 e. The van der Waals surface area contributed by atoms with Gasteiger partial charge in [0.15, 0.2) is 0 Å². The Morgan fingerprint density at radius 3 is 2.23 bits per heavy atom. The van der Waals surface area contributed by atoms with Gasteiger partial charge in [-0.1, -0.05) is 18.2 Å². The molecule has 0 radical (unpaired) electrons. The summed E-state index contributed by atoms with van der Waals surface area (Å²) in [6.07, 6.45) is 1.16. The molecule has 1 aromatic rings. The Kier molecular flexibility index (Phi) is 5.15. The van der Waals surface area contributed by atoms with Crippen molar-refractivity contribution >= 4 is 21.8 Å². The molecular weight excluding hydrogens is 306 g/mol. The van der Waals surface area contributed by atoms with Crippen LogP contribution in [0.4, 0.5) is 0 Å². The van der Waals surface area contributed by atoms with E-state index in [-0.39, 0.29) is 31.4 Å². The fourth-order valence-electron chi connectivity index (χ4n) is 2.23. The number of nitrogens with zero attached hydrogens (tertiary/aromatic N) is 2. The van der Waals surface area contributed by atoms with Crippen molar-refractivity contribution in [2.24, 2.45) is 0 Å². The molecule has 0 bridgehead atoms. The van der Waals surface area contributed by atoms with Gasteiger partial charge in [0.25, 0.3) is 5.91 Å². The lowest BCUT2D eigenvalue weighted by Gasteiger charge is -2.33. The highest BCUT2D eigenvalue weighted by Gasteiger charge is 2.25. The molecule has 2 rings (SSSR count). The number of rotatable bonds is 4. The first-order chi connectivity index (χ1) is 10.4. The molecule has 1 aliphatic rings. The van der Waals surface area contributed by atoms with E-state index in [1.54, 1.807) is 29.2 Å². The second-order valence-corrected chi connectivity index (χ2v) is 7.07. The zero-order valence-electron chi connectivity index (χ0n) is 12.4. The summed E-state index contributed by atoms with van der Waals surface area (Å²) in [4.78, 5) is 25.4. The molecule has 0 aromatic heterocycles. The number of carbonyl (C=O) groups is 2. The lowest BCUT2D eigenvalue weighted by atomic mass is 10.2. The molecule has 1 fully saturated rings. The fourth-order valence-corrected chi connectivity index (χ4v) is 3.06. The molecule has 0 aliphatic carbocycles. The Labute approximate surface area is 129 Å². The number of carbonyl (C=O) groups excluding carboxylic acids is 2. The number of nitrogens with one attached hydrogen (secondary N) is 1. The number of sulfonamides is 1. The molecule has 2 amide bonds. The van der Waals surface area contributed by atoms with Crippen molar-refractivity contribution in [3.05, 3.63) is 35.9 Å². The first-order valence-corrected chi connectivity index (χ1v) is 8.79. The molecule has 7 nitrogen and oxygen atoms in total. The van der Waals surface area contributed by atoms with Crippen molar-refractivity contribution < 1.29 is 18.0 Å². The zero-order chi connectivity index (χ0) is 16.2. The van der Waals surface area contributed by atoms with E-state index in [1.165, 1.54) is 4.31 Å². The summed E-state index contributed by atoms with van der Waals surface area (Å²) in [5, 5.41) is 2.58. The minimum absolute atomic E-state index is 0.0907. The van der Waals surface area contributed by atoms with Gasteiger partial charge in [-0.3, -0.25) is 9.59 Å². The Hall–Kier alpha value is -1.93. The van der Waals surface area contributed by atoms with Gasteiger partial charge in [-0.05, 0) is 12.1 Å². The van der Waals surface area contributed by atoms with Crippen LogP contribution in [0.25, 0.3) is 0 Å². The molecule has 1 aliphatic heterocycles. The molecule has 0 spiro atoms. The van der Waals surface area contributed by atoms with Crippen LogP contribution in [0.2, 0.25) is 0 Å². The second kappa shape index (κ2) is 6.89. The predicted octanol–water partition coefficient (Wildman–Crippen LogP) is -0.480. The highest BCUT2D eigenvalue weighted by atomic mass is 32.2. The van der Waals surface area contributed by atoms with E-state index >= 15 is 0 Å². The van der Waals surface area contributed by atoms with Crippen LogP contribution in [0.1, 0.15) is 10.4 Å². The van der Waals surface area contributed by atoms with Crippen molar-refractivity contribution in [1.82, 2.24) is 14.5 Å². The van der Waals surface area contributed by atoms with Crippen LogP contribution >= 0.6 is 0 Å². The summed E-state index contributed by atoms with van der Waals surface area (Å²) in [6.45, 7) is 1.17. The number of piperazine rings is 1. The molecule has 0 atom stereocenters. The van der Waals surface area contributed by atoms with E-state index in [9.17, 15) is 18.0 Å². The quantitative estimate of drug-likeness (QED) is 0.810. The summed E-state index contributed by atoms with van der Waals surface area (Å²) < 4.78 is 24.1. The average molecular weight is 325 g/mol. The maximum atomic E-state index is 12.0. The monoisotopic (exact) mass is 325 g/mol. The Balaban J connectivity index is 1.81. The van der Waals surface area contributed by atoms with Crippen LogP contribution in [-0.2, 0) is 14.8 Å². The number of hydrogen-bond acceptors (Lipinski definition) is 4. The fraction of sp³-hybridized carbons (Fsp3) is 0.429. The van der Waals surface area contributed by atoms with Gasteiger partial charge in [-0.25, -0.2) is 8.42 Å². The summed E-state index contributed by atoms with van der Waals surface area (Å²) >= 11 is 0. The van der Waals surface area contributed by atoms with E-state index in [2.05, 4.69) is 5.32 Å². The van der Waals surface area contributed by atoms with Crippen LogP contribution in [0.3, 0.4) is 0 Å². The molecule has 1 aromatic carbocycles. The Bertz CT molecular complexity index is 637. The first-order valence-electron chi connectivity index (χ1n) is 6.94. The lowest BCUT2D eigenvalue weighted by molar-refractivity contribution is -0.131. The van der Waals surface area contributed by atoms with Crippen LogP contribution in [0.15, 0.2) is 30.3 Å². The molecule has 8 heteroatoms. The van der Waals surface area contributed by atoms with Gasteiger partial charge in [0.2, 0.25) is 15.9 Å². The van der Waals surface area contributed by atoms with E-state index in [4.69, 9.17) is 0 Å². The normalized spacial score (nSPS) is 16.3. The van der Waals surface area contributed by atoms with Gasteiger partial charge in [-0.15, -0.1) is 0 Å². The van der Waals surface area contributed by atoms with E-state index in [0.29, 0.717) is 18.7 Å². The molecule has 0 saturated carbocycles. The van der Waals surface area contributed by atoms with E-state index < -0.39 is 10.0 Å². The van der Waals surface area contributed by atoms with E-state index in [1.807, 2.05) is 6.07 Å².